The van der Waals surface area contributed by atoms with Crippen LogP contribution in [0, 0.1) is 17.3 Å². The molecule has 3 aliphatic rings. The van der Waals surface area contributed by atoms with Crippen LogP contribution in [0.25, 0.3) is 22.4 Å². The van der Waals surface area contributed by atoms with E-state index in [1.807, 2.05) is 55.6 Å². The number of morpholine rings is 1. The number of hydrogen-bond acceptors (Lipinski definition) is 9. The van der Waals surface area contributed by atoms with Gasteiger partial charge in [0.25, 0.3) is 0 Å². The fourth-order valence-electron chi connectivity index (χ4n) is 6.61. The van der Waals surface area contributed by atoms with Crippen LogP contribution in [0.1, 0.15) is 59.4 Å². The smallest absolute Gasteiger partial charge is 0.410 e. The first-order chi connectivity index (χ1) is 21.5. The number of aromatic nitrogens is 4. The Balaban J connectivity index is 1.03. The number of hydrogen-bond donors (Lipinski definition) is 2. The van der Waals surface area contributed by atoms with Gasteiger partial charge in [-0.2, -0.15) is 5.10 Å². The molecule has 0 radical (unpaired) electrons. The fourth-order valence-corrected chi connectivity index (χ4v) is 6.61. The standard InChI is InChI=1S/C34H43N7O4/c1-23(41-21-24(20-36-41)28-17-29(37-38-31(28)35)27-7-5-6-8-30(27)42)9-10-26-22-40(15-16-44-26)25-18-34(19-25)11-13-39(14-12-34)32(43)45-33(2,3)4/h5-8,17,20-21,23,25-26,42H,11-16,18-19,22H2,1-4H3,(H2,35,38)/t23?,26-/m0/s1. The van der Waals surface area contributed by atoms with Crippen LogP contribution < -0.4 is 5.73 Å². The van der Waals surface area contributed by atoms with E-state index < -0.39 is 5.60 Å². The highest BCUT2D eigenvalue weighted by Crippen LogP contribution is 2.51. The Morgan fingerprint density at radius 2 is 1.91 bits per heavy atom. The molecule has 11 heteroatoms. The number of carbonyl (C=O) groups excluding carboxylic acids is 1. The van der Waals surface area contributed by atoms with Gasteiger partial charge in [-0.15, -0.1) is 10.2 Å². The maximum absolute atomic E-state index is 12.5. The van der Waals surface area contributed by atoms with E-state index in [-0.39, 0.29) is 29.8 Å². The van der Waals surface area contributed by atoms with E-state index in [2.05, 4.69) is 32.0 Å². The van der Waals surface area contributed by atoms with E-state index in [9.17, 15) is 9.90 Å². The van der Waals surface area contributed by atoms with E-state index in [0.29, 0.717) is 34.9 Å². The number of benzene rings is 1. The number of nitrogen functional groups attached to an aromatic ring is 1. The number of para-hydroxylation sites is 1. The zero-order valence-electron chi connectivity index (χ0n) is 26.6. The number of aromatic hydroxyl groups is 1. The number of rotatable bonds is 4. The van der Waals surface area contributed by atoms with Gasteiger partial charge in [0, 0.05) is 55.1 Å². The van der Waals surface area contributed by atoms with Crippen molar-refractivity contribution in [1.82, 2.24) is 29.8 Å². The Kier molecular flexibility index (Phi) is 8.46. The van der Waals surface area contributed by atoms with Crippen molar-refractivity contribution < 1.29 is 19.4 Å². The van der Waals surface area contributed by atoms with Crippen molar-refractivity contribution in [1.29, 1.82) is 0 Å². The van der Waals surface area contributed by atoms with Gasteiger partial charge in [-0.3, -0.25) is 9.58 Å². The highest BCUT2D eigenvalue weighted by atomic mass is 16.6. The number of ether oxygens (including phenoxy) is 2. The molecular formula is C34H43N7O4. The first-order valence-electron chi connectivity index (χ1n) is 15.8. The lowest BCUT2D eigenvalue weighted by molar-refractivity contribution is -0.0858. The molecule has 2 saturated heterocycles. The molecule has 0 bridgehead atoms. The Bertz CT molecular complexity index is 1590. The Labute approximate surface area is 264 Å². The predicted molar refractivity (Wildman–Crippen MR) is 171 cm³/mol. The van der Waals surface area contributed by atoms with Gasteiger partial charge in [0.15, 0.2) is 5.82 Å². The average Bonchev–Trinajstić information content (AvgIpc) is 3.49. The molecule has 3 aromatic rings. The van der Waals surface area contributed by atoms with Gasteiger partial charge >= 0.3 is 6.09 Å². The summed E-state index contributed by atoms with van der Waals surface area (Å²) in [6.07, 6.45) is 7.71. The molecule has 1 amide bonds. The summed E-state index contributed by atoms with van der Waals surface area (Å²) >= 11 is 0. The zero-order chi connectivity index (χ0) is 31.8. The van der Waals surface area contributed by atoms with Crippen LogP contribution in [0.2, 0.25) is 0 Å². The van der Waals surface area contributed by atoms with Gasteiger partial charge in [-0.1, -0.05) is 24.0 Å². The van der Waals surface area contributed by atoms with Gasteiger partial charge in [0.2, 0.25) is 0 Å². The van der Waals surface area contributed by atoms with Gasteiger partial charge in [0.1, 0.15) is 23.5 Å². The lowest BCUT2D eigenvalue weighted by atomic mass is 9.60. The molecule has 1 saturated carbocycles. The maximum Gasteiger partial charge on any atom is 0.410 e. The van der Waals surface area contributed by atoms with Crippen molar-refractivity contribution in [3.05, 3.63) is 42.7 Å². The van der Waals surface area contributed by atoms with E-state index in [4.69, 9.17) is 15.2 Å². The SMILES string of the molecule is CC(C#C[C@H]1CN(C2CC3(CCN(C(=O)OC(C)(C)C)CC3)C2)CCO1)n1cc(-c2cc(-c3ccccc3O)nnc2N)cn1. The van der Waals surface area contributed by atoms with Gasteiger partial charge in [0.05, 0.1) is 18.5 Å². The second kappa shape index (κ2) is 12.3. The van der Waals surface area contributed by atoms with Crippen molar-refractivity contribution in [2.45, 2.75) is 77.2 Å². The first-order valence-corrected chi connectivity index (χ1v) is 15.8. The molecule has 2 atom stereocenters. The number of nitrogens with two attached hydrogens (primary N) is 1. The number of piperidine rings is 1. The normalized spacial score (nSPS) is 21.1. The lowest BCUT2D eigenvalue weighted by Gasteiger charge is -2.56. The molecule has 11 nitrogen and oxygen atoms in total. The van der Waals surface area contributed by atoms with Crippen LogP contribution in [0.3, 0.4) is 0 Å². The summed E-state index contributed by atoms with van der Waals surface area (Å²) in [7, 11) is 0. The van der Waals surface area contributed by atoms with E-state index >= 15 is 0 Å². The highest BCUT2D eigenvalue weighted by molar-refractivity contribution is 5.78. The summed E-state index contributed by atoms with van der Waals surface area (Å²) in [5, 5.41) is 23.1. The molecule has 1 aromatic carbocycles. The molecule has 1 spiro atoms. The Morgan fingerprint density at radius 1 is 1.16 bits per heavy atom. The molecule has 238 valence electrons. The monoisotopic (exact) mass is 613 g/mol. The van der Waals surface area contributed by atoms with Crippen molar-refractivity contribution in [2.75, 3.05) is 38.5 Å². The predicted octanol–water partition coefficient (Wildman–Crippen LogP) is 4.74. The number of phenols is 1. The zero-order valence-corrected chi connectivity index (χ0v) is 26.6. The Hall–Kier alpha value is -4.14. The Morgan fingerprint density at radius 3 is 2.64 bits per heavy atom. The molecule has 3 fully saturated rings. The van der Waals surface area contributed by atoms with Crippen molar-refractivity contribution in [3.63, 3.8) is 0 Å². The largest absolute Gasteiger partial charge is 0.507 e. The second-order valence-electron chi connectivity index (χ2n) is 13.6. The number of amides is 1. The van der Waals surface area contributed by atoms with Crippen molar-refractivity contribution in [3.8, 4) is 40.0 Å². The summed E-state index contributed by atoms with van der Waals surface area (Å²) in [5.41, 5.74) is 8.64. The second-order valence-corrected chi connectivity index (χ2v) is 13.6. The minimum Gasteiger partial charge on any atom is -0.507 e. The van der Waals surface area contributed by atoms with Crippen LogP contribution in [0.4, 0.5) is 10.6 Å². The third-order valence-corrected chi connectivity index (χ3v) is 9.19. The maximum atomic E-state index is 12.5. The van der Waals surface area contributed by atoms with Crippen LogP contribution >= 0.6 is 0 Å². The van der Waals surface area contributed by atoms with E-state index in [0.717, 1.165) is 44.6 Å². The summed E-state index contributed by atoms with van der Waals surface area (Å²) in [6, 6.07) is 9.18. The number of anilines is 1. The molecule has 1 unspecified atom stereocenters. The minimum absolute atomic E-state index is 0.128. The molecular weight excluding hydrogens is 570 g/mol. The van der Waals surface area contributed by atoms with Gasteiger partial charge < -0.3 is 25.2 Å². The summed E-state index contributed by atoms with van der Waals surface area (Å²) < 4.78 is 13.4. The molecule has 1 aliphatic carbocycles. The topological polar surface area (TPSA) is 132 Å². The third-order valence-electron chi connectivity index (χ3n) is 9.19. The fraction of sp³-hybridized carbons (Fsp3) is 0.529. The number of carbonyl (C=O) groups is 1. The number of likely N-dealkylation sites (tertiary alicyclic amines) is 1. The van der Waals surface area contributed by atoms with Crippen molar-refractivity contribution in [2.24, 2.45) is 5.41 Å². The van der Waals surface area contributed by atoms with Crippen LogP contribution in [0.5, 0.6) is 5.75 Å². The van der Waals surface area contributed by atoms with Gasteiger partial charge in [-0.05, 0) is 77.0 Å². The quantitative estimate of drug-likeness (QED) is 0.401. The third kappa shape index (κ3) is 6.92. The van der Waals surface area contributed by atoms with Gasteiger partial charge in [-0.25, -0.2) is 4.79 Å². The first kappa shape index (κ1) is 30.9. The molecule has 4 heterocycles. The molecule has 3 N–H and O–H groups in total. The van der Waals surface area contributed by atoms with E-state index in [1.54, 1.807) is 24.4 Å². The van der Waals surface area contributed by atoms with Crippen LogP contribution in [-0.4, -0.2) is 91.5 Å². The average molecular weight is 614 g/mol. The molecule has 6 rings (SSSR count). The lowest BCUT2D eigenvalue weighted by Crippen LogP contribution is -2.58. The molecule has 45 heavy (non-hydrogen) atoms. The highest BCUT2D eigenvalue weighted by Gasteiger charge is 2.49. The summed E-state index contributed by atoms with van der Waals surface area (Å²) in [5.74, 6) is 7.10. The van der Waals surface area contributed by atoms with Crippen LogP contribution in [-0.2, 0) is 9.47 Å². The molecule has 2 aromatic heterocycles. The van der Waals surface area contributed by atoms with E-state index in [1.165, 1.54) is 12.8 Å². The molecule has 2 aliphatic heterocycles. The van der Waals surface area contributed by atoms with Crippen LogP contribution in [0.15, 0.2) is 42.7 Å². The minimum atomic E-state index is -0.464. The number of nitrogens with zero attached hydrogens (tertiary/aromatic N) is 6. The van der Waals surface area contributed by atoms with Crippen molar-refractivity contribution >= 4 is 11.9 Å². The summed E-state index contributed by atoms with van der Waals surface area (Å²) in [6.45, 7) is 11.7. The summed E-state index contributed by atoms with van der Waals surface area (Å²) in [4.78, 5) is 16.9. The number of phenolic OH excluding ortho intramolecular Hbond substituents is 1.